The molecular weight excluding hydrogens is 148 g/mol. The summed E-state index contributed by atoms with van der Waals surface area (Å²) in [7, 11) is 0. The van der Waals surface area contributed by atoms with Gasteiger partial charge in [0.1, 0.15) is 5.94 Å². The van der Waals surface area contributed by atoms with E-state index < -0.39 is 0 Å². The first-order chi connectivity index (χ1) is 5.85. The quantitative estimate of drug-likeness (QED) is 0.255. The maximum atomic E-state index is 10.4. The molecule has 0 bridgehead atoms. The highest BCUT2D eigenvalue weighted by Gasteiger charge is 1.91. The second kappa shape index (κ2) is 8.03. The Morgan fingerprint density at radius 2 is 2.33 bits per heavy atom. The maximum absolute atomic E-state index is 10.4. The van der Waals surface area contributed by atoms with E-state index in [1.807, 2.05) is 31.1 Å². The summed E-state index contributed by atoms with van der Waals surface area (Å²) in [5.41, 5.74) is 0.763. The monoisotopic (exact) mass is 164 g/mol. The lowest BCUT2D eigenvalue weighted by Crippen LogP contribution is -1.80. The maximum Gasteiger partial charge on any atom is 0.127 e. The normalized spacial score (nSPS) is 9.75. The molecular formula is C11H16O. The van der Waals surface area contributed by atoms with Crippen molar-refractivity contribution >= 4 is 5.94 Å². The van der Waals surface area contributed by atoms with Crippen LogP contribution in [0, 0.1) is 0 Å². The summed E-state index contributed by atoms with van der Waals surface area (Å²) in [6, 6.07) is 0. The van der Waals surface area contributed by atoms with E-state index in [0.29, 0.717) is 0 Å². The molecule has 1 nitrogen and oxygen atoms in total. The lowest BCUT2D eigenvalue weighted by Gasteiger charge is -1.93. The highest BCUT2D eigenvalue weighted by Crippen LogP contribution is 2.06. The van der Waals surface area contributed by atoms with Gasteiger partial charge in [-0.25, -0.2) is 4.79 Å². The van der Waals surface area contributed by atoms with Crippen molar-refractivity contribution in [2.75, 3.05) is 0 Å². The van der Waals surface area contributed by atoms with E-state index in [1.165, 1.54) is 0 Å². The molecule has 0 aliphatic rings. The molecule has 1 heteroatoms. The van der Waals surface area contributed by atoms with Crippen molar-refractivity contribution in [1.29, 1.82) is 0 Å². The molecule has 66 valence electrons. The van der Waals surface area contributed by atoms with Crippen LogP contribution < -0.4 is 0 Å². The van der Waals surface area contributed by atoms with Gasteiger partial charge in [0.25, 0.3) is 0 Å². The van der Waals surface area contributed by atoms with Crippen molar-refractivity contribution < 1.29 is 4.79 Å². The van der Waals surface area contributed by atoms with Crippen molar-refractivity contribution in [1.82, 2.24) is 0 Å². The van der Waals surface area contributed by atoms with Crippen molar-refractivity contribution in [3.8, 4) is 0 Å². The van der Waals surface area contributed by atoms with Gasteiger partial charge in [0, 0.05) is 5.57 Å². The van der Waals surface area contributed by atoms with Crippen molar-refractivity contribution in [3.05, 3.63) is 30.4 Å². The Hall–Kier alpha value is -1.07. The Labute approximate surface area is 74.5 Å². The third kappa shape index (κ3) is 5.70. The summed E-state index contributed by atoms with van der Waals surface area (Å²) in [6.45, 7) is 5.66. The average Bonchev–Trinajstić information content (AvgIpc) is 2.11. The molecule has 0 spiro atoms. The molecule has 0 aliphatic carbocycles. The van der Waals surface area contributed by atoms with Gasteiger partial charge in [-0.1, -0.05) is 25.2 Å². The first-order valence-electron chi connectivity index (χ1n) is 4.36. The van der Waals surface area contributed by atoms with Gasteiger partial charge in [0.05, 0.1) is 0 Å². The van der Waals surface area contributed by atoms with Crippen molar-refractivity contribution in [2.45, 2.75) is 32.6 Å². The van der Waals surface area contributed by atoms with E-state index in [1.54, 1.807) is 0 Å². The van der Waals surface area contributed by atoms with Crippen molar-refractivity contribution in [3.63, 3.8) is 0 Å². The molecule has 0 aromatic carbocycles. The van der Waals surface area contributed by atoms with Crippen LogP contribution in [-0.4, -0.2) is 5.94 Å². The topological polar surface area (TPSA) is 17.1 Å². The fourth-order valence-corrected chi connectivity index (χ4v) is 0.865. The molecule has 0 saturated heterocycles. The Bertz CT molecular complexity index is 195. The molecule has 0 radical (unpaired) electrons. The molecule has 0 saturated carbocycles. The predicted molar refractivity (Wildman–Crippen MR) is 52.7 cm³/mol. The summed E-state index contributed by atoms with van der Waals surface area (Å²) >= 11 is 0. The van der Waals surface area contributed by atoms with Crippen LogP contribution in [0.3, 0.4) is 0 Å². The first-order valence-corrected chi connectivity index (χ1v) is 4.36. The molecule has 0 aromatic heterocycles. The largest absolute Gasteiger partial charge is 0.233 e. The molecule has 0 N–H and O–H groups in total. The van der Waals surface area contributed by atoms with Crippen LogP contribution in [0.5, 0.6) is 0 Å². The lowest BCUT2D eigenvalue weighted by atomic mass is 10.1. The highest BCUT2D eigenvalue weighted by molar-refractivity contribution is 5.56. The lowest BCUT2D eigenvalue weighted by molar-refractivity contribution is 0.566. The second-order valence-corrected chi connectivity index (χ2v) is 2.62. The van der Waals surface area contributed by atoms with Gasteiger partial charge >= 0.3 is 0 Å². The van der Waals surface area contributed by atoms with Crippen LogP contribution in [0.25, 0.3) is 0 Å². The zero-order chi connectivity index (χ0) is 9.23. The van der Waals surface area contributed by atoms with Gasteiger partial charge in [0.15, 0.2) is 0 Å². The van der Waals surface area contributed by atoms with Crippen molar-refractivity contribution in [2.24, 2.45) is 0 Å². The Kier molecular flexibility index (Phi) is 7.31. The van der Waals surface area contributed by atoms with E-state index in [-0.39, 0.29) is 0 Å². The number of rotatable bonds is 6. The van der Waals surface area contributed by atoms with Gasteiger partial charge in [-0.05, 0) is 25.7 Å². The Balaban J connectivity index is 3.77. The summed E-state index contributed by atoms with van der Waals surface area (Å²) in [5.74, 6) is 1.94. The Morgan fingerprint density at radius 1 is 1.58 bits per heavy atom. The van der Waals surface area contributed by atoms with Gasteiger partial charge in [0.2, 0.25) is 0 Å². The third-order valence-corrected chi connectivity index (χ3v) is 1.54. The van der Waals surface area contributed by atoms with Crippen LogP contribution in [0.2, 0.25) is 0 Å². The van der Waals surface area contributed by atoms with Crippen LogP contribution in [-0.2, 0) is 4.79 Å². The fourth-order valence-electron chi connectivity index (χ4n) is 0.865. The van der Waals surface area contributed by atoms with Gasteiger partial charge in [-0.15, -0.1) is 6.58 Å². The number of hydrogen-bond donors (Lipinski definition) is 0. The third-order valence-electron chi connectivity index (χ3n) is 1.54. The summed E-state index contributed by atoms with van der Waals surface area (Å²) < 4.78 is 0. The molecule has 0 unspecified atom stereocenters. The standard InChI is InChI=1S/C11H16O/c1-3-5-7-9-11(10-12)8-6-4-2/h3,6,8H,1,4-5,7,9H2,2H3/b8-6+. The molecule has 0 amide bonds. The minimum absolute atomic E-state index is 0.763. The first kappa shape index (κ1) is 10.9. The molecule has 0 aliphatic heterocycles. The zero-order valence-electron chi connectivity index (χ0n) is 7.68. The van der Waals surface area contributed by atoms with Crippen LogP contribution in [0.4, 0.5) is 0 Å². The van der Waals surface area contributed by atoms with E-state index in [2.05, 4.69) is 6.58 Å². The summed E-state index contributed by atoms with van der Waals surface area (Å²) in [5, 5.41) is 0. The van der Waals surface area contributed by atoms with Gasteiger partial charge in [-0.2, -0.15) is 0 Å². The number of allylic oxidation sites excluding steroid dienone is 4. The van der Waals surface area contributed by atoms with Crippen LogP contribution >= 0.6 is 0 Å². The van der Waals surface area contributed by atoms with E-state index in [9.17, 15) is 4.79 Å². The van der Waals surface area contributed by atoms with E-state index >= 15 is 0 Å². The smallest absolute Gasteiger partial charge is 0.127 e. The molecule has 0 rings (SSSR count). The van der Waals surface area contributed by atoms with Crippen LogP contribution in [0.15, 0.2) is 30.4 Å². The number of carbonyl (C=O) groups excluding carboxylic acids is 1. The highest BCUT2D eigenvalue weighted by atomic mass is 16.1. The minimum atomic E-state index is 0.763. The second-order valence-electron chi connectivity index (χ2n) is 2.62. The summed E-state index contributed by atoms with van der Waals surface area (Å²) in [4.78, 5) is 10.4. The molecule has 0 aromatic rings. The number of unbranched alkanes of at least 4 members (excludes halogenated alkanes) is 1. The molecule has 12 heavy (non-hydrogen) atoms. The predicted octanol–water partition coefficient (Wildman–Crippen LogP) is 3.07. The van der Waals surface area contributed by atoms with E-state index in [0.717, 1.165) is 31.3 Å². The number of hydrogen-bond acceptors (Lipinski definition) is 1. The molecule has 0 fully saturated rings. The molecule has 0 heterocycles. The zero-order valence-corrected chi connectivity index (χ0v) is 7.68. The fraction of sp³-hybridized carbons (Fsp3) is 0.455. The molecule has 0 atom stereocenters. The van der Waals surface area contributed by atoms with E-state index in [4.69, 9.17) is 0 Å². The van der Waals surface area contributed by atoms with Crippen LogP contribution in [0.1, 0.15) is 32.6 Å². The van der Waals surface area contributed by atoms with Gasteiger partial charge < -0.3 is 0 Å². The average molecular weight is 164 g/mol. The summed E-state index contributed by atoms with van der Waals surface area (Å²) in [6.07, 6.45) is 9.43. The minimum Gasteiger partial charge on any atom is -0.233 e. The van der Waals surface area contributed by atoms with Gasteiger partial charge in [-0.3, -0.25) is 0 Å². The SMILES string of the molecule is C=CCCCC(=C=O)/C=C/CC. The Morgan fingerprint density at radius 3 is 2.83 bits per heavy atom.